The molecule has 4 atom stereocenters. The first-order chi connectivity index (χ1) is 11.5. The lowest BCUT2D eigenvalue weighted by atomic mass is 9.73. The van der Waals surface area contributed by atoms with Gasteiger partial charge in [-0.1, -0.05) is 42.5 Å². The van der Waals surface area contributed by atoms with Crippen LogP contribution in [-0.4, -0.2) is 28.7 Å². The lowest BCUT2D eigenvalue weighted by Gasteiger charge is -2.37. The largest absolute Gasteiger partial charge is 0.391 e. The molecule has 1 saturated carbocycles. The number of nitrogens with one attached hydrogen (secondary N) is 1. The molecule has 1 aromatic rings. The standard InChI is InChI=1S/C19H23N3O2/c20-17-15-12-19(21,10-8-14(15)6-7-16(17)23)18(24)22-11-9-13-4-2-1-3-5-13/h1-5,8-12,14,16-17,23H,6-7,20-21H2,(H,22,24)/b11-9+. The Labute approximate surface area is 141 Å². The van der Waals surface area contributed by atoms with Crippen molar-refractivity contribution in [1.82, 2.24) is 5.32 Å². The van der Waals surface area contributed by atoms with Crippen molar-refractivity contribution >= 4 is 12.0 Å². The Bertz CT molecular complexity index is 696. The highest BCUT2D eigenvalue weighted by molar-refractivity contribution is 5.92. The van der Waals surface area contributed by atoms with Gasteiger partial charge in [0.2, 0.25) is 0 Å². The predicted octanol–water partition coefficient (Wildman–Crippen LogP) is 1.07. The molecule has 1 amide bonds. The summed E-state index contributed by atoms with van der Waals surface area (Å²) in [6, 6.07) is 9.20. The fourth-order valence-corrected chi connectivity index (χ4v) is 3.22. The highest BCUT2D eigenvalue weighted by atomic mass is 16.3. The molecule has 5 heteroatoms. The van der Waals surface area contributed by atoms with Crippen molar-refractivity contribution in [1.29, 1.82) is 0 Å². The van der Waals surface area contributed by atoms with Crippen LogP contribution >= 0.6 is 0 Å². The monoisotopic (exact) mass is 325 g/mol. The maximum absolute atomic E-state index is 12.5. The number of hydrogen-bond acceptors (Lipinski definition) is 4. The maximum Gasteiger partial charge on any atom is 0.252 e. The van der Waals surface area contributed by atoms with Gasteiger partial charge in [-0.05, 0) is 42.0 Å². The third kappa shape index (κ3) is 3.33. The minimum Gasteiger partial charge on any atom is -0.391 e. The van der Waals surface area contributed by atoms with Crippen molar-refractivity contribution in [3.05, 3.63) is 65.9 Å². The number of aliphatic hydroxyl groups excluding tert-OH is 1. The van der Waals surface area contributed by atoms with Crippen molar-refractivity contribution in [3.63, 3.8) is 0 Å². The van der Waals surface area contributed by atoms with Gasteiger partial charge in [0.25, 0.3) is 5.91 Å². The van der Waals surface area contributed by atoms with Gasteiger partial charge in [0, 0.05) is 6.20 Å². The van der Waals surface area contributed by atoms with Crippen LogP contribution in [0, 0.1) is 5.92 Å². The summed E-state index contributed by atoms with van der Waals surface area (Å²) < 4.78 is 0. The molecule has 1 aromatic carbocycles. The highest BCUT2D eigenvalue weighted by Crippen LogP contribution is 2.35. The zero-order valence-corrected chi connectivity index (χ0v) is 13.4. The molecule has 0 bridgehead atoms. The van der Waals surface area contributed by atoms with Crippen LogP contribution in [0.2, 0.25) is 0 Å². The molecular weight excluding hydrogens is 302 g/mol. The van der Waals surface area contributed by atoms with Crippen LogP contribution in [0.3, 0.4) is 0 Å². The lowest BCUT2D eigenvalue weighted by molar-refractivity contribution is -0.122. The first-order valence-corrected chi connectivity index (χ1v) is 8.17. The Kier molecular flexibility index (Phi) is 4.66. The van der Waals surface area contributed by atoms with Crippen molar-refractivity contribution in [2.24, 2.45) is 17.4 Å². The van der Waals surface area contributed by atoms with E-state index in [1.54, 1.807) is 24.4 Å². The minimum absolute atomic E-state index is 0.160. The second-order valence-corrected chi connectivity index (χ2v) is 6.43. The number of benzene rings is 1. The summed E-state index contributed by atoms with van der Waals surface area (Å²) in [5, 5.41) is 12.7. The molecule has 5 nitrogen and oxygen atoms in total. The number of nitrogens with two attached hydrogens (primary N) is 2. The van der Waals surface area contributed by atoms with Gasteiger partial charge < -0.3 is 21.9 Å². The average molecular weight is 325 g/mol. The van der Waals surface area contributed by atoms with Crippen molar-refractivity contribution in [2.45, 2.75) is 30.5 Å². The fourth-order valence-electron chi connectivity index (χ4n) is 3.22. The number of aliphatic hydroxyl groups is 1. The molecule has 2 aliphatic rings. The summed E-state index contributed by atoms with van der Waals surface area (Å²) in [5.74, 6) is -0.170. The lowest BCUT2D eigenvalue weighted by Crippen LogP contribution is -2.53. The normalized spacial score (nSPS) is 32.3. The molecule has 0 spiro atoms. The quantitative estimate of drug-likeness (QED) is 0.624. The van der Waals surface area contributed by atoms with E-state index in [0.29, 0.717) is 6.42 Å². The van der Waals surface area contributed by atoms with Crippen LogP contribution in [-0.2, 0) is 4.79 Å². The molecule has 6 N–H and O–H groups in total. The van der Waals surface area contributed by atoms with Gasteiger partial charge in [0.1, 0.15) is 5.54 Å². The molecule has 4 unspecified atom stereocenters. The third-order valence-electron chi connectivity index (χ3n) is 4.69. The molecule has 0 aliphatic heterocycles. The molecule has 126 valence electrons. The van der Waals surface area contributed by atoms with E-state index in [0.717, 1.165) is 17.6 Å². The minimum atomic E-state index is -1.25. The first-order valence-electron chi connectivity index (χ1n) is 8.17. The Morgan fingerprint density at radius 2 is 2.04 bits per heavy atom. The molecule has 24 heavy (non-hydrogen) atoms. The van der Waals surface area contributed by atoms with E-state index >= 15 is 0 Å². The number of carbonyl (C=O) groups is 1. The third-order valence-corrected chi connectivity index (χ3v) is 4.69. The van der Waals surface area contributed by atoms with Crippen molar-refractivity contribution in [2.75, 3.05) is 0 Å². The SMILES string of the molecule is NC1C2=CC(N)(C(=O)N/C=C/c3ccccc3)C=CC2CCC1O. The predicted molar refractivity (Wildman–Crippen MR) is 94.5 cm³/mol. The van der Waals surface area contributed by atoms with Crippen molar-refractivity contribution in [3.8, 4) is 0 Å². The number of fused-ring (bicyclic) bond motifs is 1. The smallest absolute Gasteiger partial charge is 0.252 e. The molecule has 0 aromatic heterocycles. The first kappa shape index (κ1) is 16.6. The number of allylic oxidation sites excluding steroid dienone is 1. The molecule has 2 aliphatic carbocycles. The van der Waals surface area contributed by atoms with Gasteiger partial charge in [-0.3, -0.25) is 4.79 Å². The summed E-state index contributed by atoms with van der Waals surface area (Å²) in [4.78, 5) is 12.5. The Balaban J connectivity index is 1.72. The summed E-state index contributed by atoms with van der Waals surface area (Å²) >= 11 is 0. The van der Waals surface area contributed by atoms with Gasteiger partial charge in [-0.15, -0.1) is 0 Å². The van der Waals surface area contributed by atoms with Crippen LogP contribution in [0.4, 0.5) is 0 Å². The van der Waals surface area contributed by atoms with Crippen LogP contribution in [0.25, 0.3) is 6.08 Å². The second-order valence-electron chi connectivity index (χ2n) is 6.43. The van der Waals surface area contributed by atoms with E-state index in [1.165, 1.54) is 0 Å². The maximum atomic E-state index is 12.5. The number of amides is 1. The zero-order valence-electron chi connectivity index (χ0n) is 13.4. The van der Waals surface area contributed by atoms with Gasteiger partial charge in [-0.25, -0.2) is 0 Å². The number of hydrogen-bond donors (Lipinski definition) is 4. The average Bonchev–Trinajstić information content (AvgIpc) is 2.59. The molecule has 3 rings (SSSR count). The van der Waals surface area contributed by atoms with Gasteiger partial charge in [0.05, 0.1) is 12.1 Å². The van der Waals surface area contributed by atoms with E-state index in [4.69, 9.17) is 11.5 Å². The second kappa shape index (κ2) is 6.73. The van der Waals surface area contributed by atoms with Crippen LogP contribution in [0.1, 0.15) is 18.4 Å². The molecule has 0 saturated heterocycles. The van der Waals surface area contributed by atoms with E-state index in [1.807, 2.05) is 36.4 Å². The number of rotatable bonds is 3. The Morgan fingerprint density at radius 3 is 2.79 bits per heavy atom. The van der Waals surface area contributed by atoms with Crippen LogP contribution < -0.4 is 16.8 Å². The number of carbonyl (C=O) groups excluding carboxylic acids is 1. The van der Waals surface area contributed by atoms with E-state index in [-0.39, 0.29) is 11.8 Å². The molecule has 0 heterocycles. The van der Waals surface area contributed by atoms with Gasteiger partial charge >= 0.3 is 0 Å². The summed E-state index contributed by atoms with van der Waals surface area (Å²) in [6.45, 7) is 0. The molecule has 0 radical (unpaired) electrons. The van der Waals surface area contributed by atoms with E-state index < -0.39 is 17.7 Å². The van der Waals surface area contributed by atoms with E-state index in [2.05, 4.69) is 5.32 Å². The van der Waals surface area contributed by atoms with Crippen molar-refractivity contribution < 1.29 is 9.90 Å². The fraction of sp³-hybridized carbons (Fsp3) is 0.316. The summed E-state index contributed by atoms with van der Waals surface area (Å²) in [6.07, 6.45) is 9.65. The highest BCUT2D eigenvalue weighted by Gasteiger charge is 2.38. The molecule has 1 fully saturated rings. The van der Waals surface area contributed by atoms with Gasteiger partial charge in [-0.2, -0.15) is 0 Å². The van der Waals surface area contributed by atoms with Crippen LogP contribution in [0.15, 0.2) is 60.3 Å². The molecular formula is C19H23N3O2. The van der Waals surface area contributed by atoms with Gasteiger partial charge in [0.15, 0.2) is 0 Å². The van der Waals surface area contributed by atoms with Crippen LogP contribution in [0.5, 0.6) is 0 Å². The summed E-state index contributed by atoms with van der Waals surface area (Å²) in [7, 11) is 0. The Morgan fingerprint density at radius 1 is 1.29 bits per heavy atom. The zero-order chi connectivity index (χ0) is 17.2. The van der Waals surface area contributed by atoms with E-state index in [9.17, 15) is 9.90 Å². The Hall–Kier alpha value is -2.21. The summed E-state index contributed by atoms with van der Waals surface area (Å²) in [5.41, 5.74) is 12.9. The topological polar surface area (TPSA) is 101 Å².